The molecule has 5 heteroatoms. The Bertz CT molecular complexity index is 411. The van der Waals surface area contributed by atoms with Crippen LogP contribution in [0.5, 0.6) is 0 Å². The Labute approximate surface area is 101 Å². The van der Waals surface area contributed by atoms with Crippen molar-refractivity contribution in [2.75, 3.05) is 18.8 Å². The van der Waals surface area contributed by atoms with Gasteiger partial charge in [0, 0.05) is 25.5 Å². The highest BCUT2D eigenvalue weighted by atomic mass is 16.2. The Morgan fingerprint density at radius 2 is 1.88 bits per heavy atom. The van der Waals surface area contributed by atoms with Crippen LogP contribution in [0.3, 0.4) is 0 Å². The fraction of sp³-hybridized carbons (Fsp3) is 0.583. The minimum Gasteiger partial charge on any atom is -0.382 e. The van der Waals surface area contributed by atoms with Crippen LogP contribution >= 0.6 is 0 Å². The van der Waals surface area contributed by atoms with Gasteiger partial charge in [0.15, 0.2) is 11.5 Å². The second-order valence-corrected chi connectivity index (χ2v) is 4.95. The normalized spacial score (nSPS) is 24.7. The van der Waals surface area contributed by atoms with E-state index >= 15 is 0 Å². The van der Waals surface area contributed by atoms with Gasteiger partial charge in [-0.15, -0.1) is 0 Å². The van der Waals surface area contributed by atoms with E-state index in [9.17, 15) is 4.79 Å². The summed E-state index contributed by atoms with van der Waals surface area (Å²) in [6.07, 6.45) is 4.16. The van der Waals surface area contributed by atoms with Crippen LogP contribution in [0.25, 0.3) is 0 Å². The third kappa shape index (κ3) is 2.54. The topological polar surface area (TPSA) is 72.1 Å². The van der Waals surface area contributed by atoms with Crippen LogP contribution in [-0.2, 0) is 0 Å². The first-order valence-corrected chi connectivity index (χ1v) is 5.93. The second kappa shape index (κ2) is 4.69. The number of nitrogens with two attached hydrogens (primary N) is 1. The Morgan fingerprint density at radius 3 is 2.47 bits per heavy atom. The van der Waals surface area contributed by atoms with E-state index < -0.39 is 0 Å². The van der Waals surface area contributed by atoms with Gasteiger partial charge in [-0.1, -0.05) is 13.8 Å². The fourth-order valence-corrected chi connectivity index (χ4v) is 2.49. The smallest absolute Gasteiger partial charge is 0.276 e. The number of aromatic nitrogens is 2. The number of hydrogen-bond donors (Lipinski definition) is 1. The first-order chi connectivity index (χ1) is 8.08. The molecule has 0 radical (unpaired) electrons. The minimum atomic E-state index is -0.103. The first kappa shape index (κ1) is 11.8. The molecule has 1 saturated heterocycles. The van der Waals surface area contributed by atoms with Crippen molar-refractivity contribution in [2.24, 2.45) is 11.8 Å². The molecule has 0 aliphatic carbocycles. The number of piperidine rings is 1. The van der Waals surface area contributed by atoms with E-state index in [1.807, 2.05) is 4.90 Å². The molecular formula is C12H18N4O. The molecule has 1 aromatic rings. The number of hydrogen-bond acceptors (Lipinski definition) is 4. The van der Waals surface area contributed by atoms with Gasteiger partial charge in [0.1, 0.15) is 0 Å². The van der Waals surface area contributed by atoms with Crippen molar-refractivity contribution in [1.29, 1.82) is 0 Å². The van der Waals surface area contributed by atoms with Gasteiger partial charge in [0.25, 0.3) is 5.91 Å². The van der Waals surface area contributed by atoms with Gasteiger partial charge in [-0.05, 0) is 18.3 Å². The van der Waals surface area contributed by atoms with E-state index in [0.717, 1.165) is 13.1 Å². The summed E-state index contributed by atoms with van der Waals surface area (Å²) in [4.78, 5) is 22.0. The molecule has 0 aromatic carbocycles. The molecule has 2 heterocycles. The van der Waals surface area contributed by atoms with Crippen LogP contribution in [0, 0.1) is 11.8 Å². The Hall–Kier alpha value is -1.65. The summed E-state index contributed by atoms with van der Waals surface area (Å²) in [7, 11) is 0. The summed E-state index contributed by atoms with van der Waals surface area (Å²) in [5, 5.41) is 0. The van der Waals surface area contributed by atoms with Crippen molar-refractivity contribution in [1.82, 2.24) is 14.9 Å². The van der Waals surface area contributed by atoms with Crippen molar-refractivity contribution in [3.05, 3.63) is 18.1 Å². The fourth-order valence-electron chi connectivity index (χ4n) is 2.49. The number of carbonyl (C=O) groups is 1. The highest BCUT2D eigenvalue weighted by Gasteiger charge is 2.27. The number of amides is 1. The molecule has 1 fully saturated rings. The monoisotopic (exact) mass is 234 g/mol. The number of anilines is 1. The van der Waals surface area contributed by atoms with Crippen molar-refractivity contribution in [2.45, 2.75) is 20.3 Å². The van der Waals surface area contributed by atoms with Gasteiger partial charge in [-0.25, -0.2) is 9.97 Å². The van der Waals surface area contributed by atoms with E-state index in [1.165, 1.54) is 18.8 Å². The lowest BCUT2D eigenvalue weighted by molar-refractivity contribution is 0.0618. The van der Waals surface area contributed by atoms with Crippen molar-refractivity contribution in [3.8, 4) is 0 Å². The van der Waals surface area contributed by atoms with Gasteiger partial charge >= 0.3 is 0 Å². The molecule has 1 amide bonds. The lowest BCUT2D eigenvalue weighted by atomic mass is 9.92. The average Bonchev–Trinajstić information content (AvgIpc) is 2.27. The van der Waals surface area contributed by atoms with Crippen LogP contribution in [0.1, 0.15) is 30.8 Å². The number of carbonyl (C=O) groups excluding carboxylic acids is 1. The molecule has 0 saturated carbocycles. The lowest BCUT2D eigenvalue weighted by Crippen LogP contribution is -2.43. The van der Waals surface area contributed by atoms with E-state index in [2.05, 4.69) is 23.8 Å². The number of rotatable bonds is 1. The summed E-state index contributed by atoms with van der Waals surface area (Å²) < 4.78 is 0. The van der Waals surface area contributed by atoms with Crippen molar-refractivity contribution < 1.29 is 4.79 Å². The van der Waals surface area contributed by atoms with Crippen LogP contribution in [0.15, 0.2) is 12.4 Å². The molecule has 1 aliphatic rings. The van der Waals surface area contributed by atoms with E-state index in [1.54, 1.807) is 0 Å². The molecule has 1 aromatic heterocycles. The average molecular weight is 234 g/mol. The van der Waals surface area contributed by atoms with Gasteiger partial charge < -0.3 is 10.6 Å². The second-order valence-electron chi connectivity index (χ2n) is 4.95. The quantitative estimate of drug-likeness (QED) is 0.792. The SMILES string of the molecule is C[C@@H]1C[C@H](C)CN(C(=O)c2nccnc2N)C1. The maximum absolute atomic E-state index is 12.3. The zero-order valence-electron chi connectivity index (χ0n) is 10.3. The van der Waals surface area contributed by atoms with E-state index in [-0.39, 0.29) is 17.4 Å². The molecule has 2 rings (SSSR count). The molecule has 1 aliphatic heterocycles. The van der Waals surface area contributed by atoms with Gasteiger partial charge in [0.2, 0.25) is 0 Å². The zero-order chi connectivity index (χ0) is 12.4. The summed E-state index contributed by atoms with van der Waals surface area (Å²) in [5.74, 6) is 1.17. The highest BCUT2D eigenvalue weighted by Crippen LogP contribution is 2.22. The third-order valence-corrected chi connectivity index (χ3v) is 3.09. The molecule has 0 unspecified atom stereocenters. The van der Waals surface area contributed by atoms with E-state index in [0.29, 0.717) is 11.8 Å². The summed E-state index contributed by atoms with van der Waals surface area (Å²) in [6.45, 7) is 5.88. The van der Waals surface area contributed by atoms with Crippen molar-refractivity contribution >= 4 is 11.7 Å². The third-order valence-electron chi connectivity index (χ3n) is 3.09. The Morgan fingerprint density at radius 1 is 1.29 bits per heavy atom. The Kier molecular flexibility index (Phi) is 3.26. The molecular weight excluding hydrogens is 216 g/mol. The summed E-state index contributed by atoms with van der Waals surface area (Å²) >= 11 is 0. The molecule has 92 valence electrons. The Balaban J connectivity index is 2.17. The van der Waals surface area contributed by atoms with Crippen LogP contribution in [0.4, 0.5) is 5.82 Å². The number of nitrogen functional groups attached to an aromatic ring is 1. The molecule has 0 bridgehead atoms. The summed E-state index contributed by atoms with van der Waals surface area (Å²) in [6, 6.07) is 0. The highest BCUT2D eigenvalue weighted by molar-refractivity contribution is 5.96. The predicted molar refractivity (Wildman–Crippen MR) is 65.3 cm³/mol. The first-order valence-electron chi connectivity index (χ1n) is 5.93. The zero-order valence-corrected chi connectivity index (χ0v) is 10.3. The predicted octanol–water partition coefficient (Wildman–Crippen LogP) is 1.18. The number of nitrogens with zero attached hydrogens (tertiary/aromatic N) is 3. The molecule has 2 atom stereocenters. The lowest BCUT2D eigenvalue weighted by Gasteiger charge is -2.34. The van der Waals surface area contributed by atoms with Crippen LogP contribution in [-0.4, -0.2) is 33.9 Å². The maximum atomic E-state index is 12.3. The largest absolute Gasteiger partial charge is 0.382 e. The number of likely N-dealkylation sites (tertiary alicyclic amines) is 1. The standard InChI is InChI=1S/C12H18N4O/c1-8-5-9(2)7-16(6-8)12(17)10-11(13)15-4-3-14-10/h3-4,8-9H,5-7H2,1-2H3,(H2,13,15)/t8-,9+. The maximum Gasteiger partial charge on any atom is 0.276 e. The van der Waals surface area contributed by atoms with Gasteiger partial charge in [-0.2, -0.15) is 0 Å². The van der Waals surface area contributed by atoms with Crippen LogP contribution < -0.4 is 5.73 Å². The summed E-state index contributed by atoms with van der Waals surface area (Å²) in [5.41, 5.74) is 5.95. The van der Waals surface area contributed by atoms with Crippen LogP contribution in [0.2, 0.25) is 0 Å². The van der Waals surface area contributed by atoms with Gasteiger partial charge in [-0.3, -0.25) is 4.79 Å². The molecule has 5 nitrogen and oxygen atoms in total. The van der Waals surface area contributed by atoms with E-state index in [4.69, 9.17) is 5.73 Å². The van der Waals surface area contributed by atoms with Crippen molar-refractivity contribution in [3.63, 3.8) is 0 Å². The van der Waals surface area contributed by atoms with Gasteiger partial charge in [0.05, 0.1) is 0 Å². The molecule has 0 spiro atoms. The minimum absolute atomic E-state index is 0.103. The molecule has 17 heavy (non-hydrogen) atoms. The molecule has 2 N–H and O–H groups in total.